The van der Waals surface area contributed by atoms with Crippen LogP contribution in [-0.4, -0.2) is 18.2 Å². The second kappa shape index (κ2) is 5.34. The van der Waals surface area contributed by atoms with E-state index in [1.165, 1.54) is 0 Å². The number of anilines is 1. The molecule has 88 valence electrons. The Balaban J connectivity index is 2.11. The van der Waals surface area contributed by atoms with Gasteiger partial charge in [0.05, 0.1) is 5.02 Å². The molecule has 2 heterocycles. The molecule has 1 aliphatic rings. The lowest BCUT2D eigenvalue weighted by Gasteiger charge is -2.22. The summed E-state index contributed by atoms with van der Waals surface area (Å²) in [5, 5.41) is 0.622. The van der Waals surface area contributed by atoms with Crippen LogP contribution in [0.5, 0.6) is 0 Å². The first-order valence-electron chi connectivity index (χ1n) is 5.35. The number of rotatable bonds is 2. The zero-order chi connectivity index (χ0) is 11.5. The smallest absolute Gasteiger partial charge is 0.128 e. The van der Waals surface area contributed by atoms with Gasteiger partial charge in [-0.3, -0.25) is 0 Å². The van der Waals surface area contributed by atoms with E-state index in [-0.39, 0.29) is 0 Å². The molecule has 0 spiro atoms. The summed E-state index contributed by atoms with van der Waals surface area (Å²) in [5.41, 5.74) is 6.92. The molecule has 0 amide bonds. The molecule has 1 aromatic rings. The summed E-state index contributed by atoms with van der Waals surface area (Å²) in [5.74, 6) is 1.21. The average Bonchev–Trinajstić information content (AvgIpc) is 2.27. The fraction of sp³-hybridized carbons (Fsp3) is 0.545. The minimum absolute atomic E-state index is 0.572. The van der Waals surface area contributed by atoms with Gasteiger partial charge in [0.25, 0.3) is 0 Å². The lowest BCUT2D eigenvalue weighted by molar-refractivity contribution is 0.0665. The Labute approximate surface area is 108 Å². The Morgan fingerprint density at radius 3 is 2.88 bits per heavy atom. The Hall–Kier alpha value is -0.320. The molecule has 0 bridgehead atoms. The molecule has 0 saturated carbocycles. The van der Waals surface area contributed by atoms with Crippen LogP contribution in [0.3, 0.4) is 0 Å². The number of aromatic nitrogens is 1. The third kappa shape index (κ3) is 2.87. The molecule has 1 fully saturated rings. The maximum Gasteiger partial charge on any atom is 0.128 e. The van der Waals surface area contributed by atoms with Crippen molar-refractivity contribution in [2.45, 2.75) is 19.3 Å². The van der Waals surface area contributed by atoms with Gasteiger partial charge in [-0.05, 0) is 52.7 Å². The van der Waals surface area contributed by atoms with Crippen molar-refractivity contribution in [3.05, 3.63) is 21.3 Å². The van der Waals surface area contributed by atoms with E-state index in [9.17, 15) is 0 Å². The highest BCUT2D eigenvalue weighted by atomic mass is 79.9. The molecule has 0 aromatic carbocycles. The van der Waals surface area contributed by atoms with E-state index >= 15 is 0 Å². The van der Waals surface area contributed by atoms with Crippen molar-refractivity contribution < 1.29 is 4.74 Å². The number of hydrogen-bond acceptors (Lipinski definition) is 3. The number of nitrogens with zero attached hydrogens (tertiary/aromatic N) is 1. The largest absolute Gasteiger partial charge is 0.383 e. The predicted octanol–water partition coefficient (Wildman–Crippen LogP) is 3.05. The highest BCUT2D eigenvalue weighted by molar-refractivity contribution is 9.10. The van der Waals surface area contributed by atoms with Gasteiger partial charge in [0.15, 0.2) is 0 Å². The first-order valence-corrected chi connectivity index (χ1v) is 6.52. The fourth-order valence-corrected chi connectivity index (χ4v) is 2.42. The molecule has 1 saturated heterocycles. The Morgan fingerprint density at radius 2 is 2.19 bits per heavy atom. The summed E-state index contributed by atoms with van der Waals surface area (Å²) < 4.78 is 5.94. The molecule has 1 aliphatic heterocycles. The molecule has 2 rings (SSSR count). The number of hydrogen-bond donors (Lipinski definition) is 1. The molecule has 1 aromatic heterocycles. The Bertz CT molecular complexity index is 380. The third-order valence-corrected chi connectivity index (χ3v) is 4.02. The number of ether oxygens (including phenoxy) is 1. The lowest BCUT2D eigenvalue weighted by Crippen LogP contribution is -2.18. The van der Waals surface area contributed by atoms with Gasteiger partial charge in [0.1, 0.15) is 10.4 Å². The molecule has 5 heteroatoms. The summed E-state index contributed by atoms with van der Waals surface area (Å²) in [4.78, 5) is 4.17. The van der Waals surface area contributed by atoms with E-state index in [2.05, 4.69) is 20.9 Å². The maximum atomic E-state index is 6.01. The van der Waals surface area contributed by atoms with Gasteiger partial charge in [0, 0.05) is 13.2 Å². The zero-order valence-corrected chi connectivity index (χ0v) is 11.2. The van der Waals surface area contributed by atoms with Gasteiger partial charge >= 0.3 is 0 Å². The highest BCUT2D eigenvalue weighted by Gasteiger charge is 2.16. The summed E-state index contributed by atoms with van der Waals surface area (Å²) in [6.45, 7) is 1.70. The van der Waals surface area contributed by atoms with E-state index < -0.39 is 0 Å². The van der Waals surface area contributed by atoms with Crippen molar-refractivity contribution in [1.82, 2.24) is 4.98 Å². The zero-order valence-electron chi connectivity index (χ0n) is 8.88. The fourth-order valence-electron chi connectivity index (χ4n) is 1.94. The molecule has 0 aliphatic carbocycles. The first kappa shape index (κ1) is 12.1. The number of nitrogens with two attached hydrogens (primary N) is 1. The second-order valence-electron chi connectivity index (χ2n) is 4.07. The molecule has 0 unspecified atom stereocenters. The summed E-state index contributed by atoms with van der Waals surface area (Å²) in [6.07, 6.45) is 3.12. The Morgan fingerprint density at radius 1 is 1.50 bits per heavy atom. The quantitative estimate of drug-likeness (QED) is 0.854. The normalized spacial score (nSPS) is 17.6. The SMILES string of the molecule is Nc1nc(Br)c(Cl)cc1CC1CCOCC1. The van der Waals surface area contributed by atoms with Crippen LogP contribution in [0.25, 0.3) is 0 Å². The Kier molecular flexibility index (Phi) is 4.05. The van der Waals surface area contributed by atoms with E-state index in [0.717, 1.165) is 38.0 Å². The van der Waals surface area contributed by atoms with Crippen molar-refractivity contribution in [3.63, 3.8) is 0 Å². The van der Waals surface area contributed by atoms with Crippen LogP contribution in [0.1, 0.15) is 18.4 Å². The molecule has 16 heavy (non-hydrogen) atoms. The first-order chi connectivity index (χ1) is 7.66. The van der Waals surface area contributed by atoms with Crippen molar-refractivity contribution in [2.24, 2.45) is 5.92 Å². The number of halogens is 2. The number of pyridine rings is 1. The van der Waals surface area contributed by atoms with E-state index in [1.807, 2.05) is 6.07 Å². The molecular formula is C11H14BrClN2O. The van der Waals surface area contributed by atoms with Crippen molar-refractivity contribution >= 4 is 33.3 Å². The average molecular weight is 306 g/mol. The lowest BCUT2D eigenvalue weighted by atomic mass is 9.93. The molecule has 0 atom stereocenters. The van der Waals surface area contributed by atoms with Crippen LogP contribution in [0.2, 0.25) is 5.02 Å². The minimum Gasteiger partial charge on any atom is -0.383 e. The van der Waals surface area contributed by atoms with E-state index in [4.69, 9.17) is 22.1 Å². The van der Waals surface area contributed by atoms with Gasteiger partial charge in [-0.1, -0.05) is 11.6 Å². The highest BCUT2D eigenvalue weighted by Crippen LogP contribution is 2.28. The monoisotopic (exact) mass is 304 g/mol. The second-order valence-corrected chi connectivity index (χ2v) is 5.22. The van der Waals surface area contributed by atoms with Crippen molar-refractivity contribution in [2.75, 3.05) is 18.9 Å². The van der Waals surface area contributed by atoms with Crippen LogP contribution in [0, 0.1) is 5.92 Å². The topological polar surface area (TPSA) is 48.1 Å². The van der Waals surface area contributed by atoms with E-state index in [0.29, 0.717) is 21.4 Å². The van der Waals surface area contributed by atoms with Gasteiger partial charge in [0.2, 0.25) is 0 Å². The predicted molar refractivity (Wildman–Crippen MR) is 68.6 cm³/mol. The van der Waals surface area contributed by atoms with Gasteiger partial charge in [-0.15, -0.1) is 0 Å². The number of nitrogen functional groups attached to an aromatic ring is 1. The van der Waals surface area contributed by atoms with Crippen LogP contribution in [0.15, 0.2) is 10.7 Å². The molecular weight excluding hydrogens is 291 g/mol. The standard InChI is InChI=1S/C11H14BrClN2O/c12-10-9(13)6-8(11(14)15-10)5-7-1-3-16-4-2-7/h6-7H,1-5H2,(H2,14,15). The molecule has 3 nitrogen and oxygen atoms in total. The summed E-state index contributed by atoms with van der Waals surface area (Å²) >= 11 is 9.28. The van der Waals surface area contributed by atoms with Crippen LogP contribution in [-0.2, 0) is 11.2 Å². The van der Waals surface area contributed by atoms with Gasteiger partial charge < -0.3 is 10.5 Å². The summed E-state index contributed by atoms with van der Waals surface area (Å²) in [7, 11) is 0. The van der Waals surface area contributed by atoms with Crippen molar-refractivity contribution in [1.29, 1.82) is 0 Å². The van der Waals surface area contributed by atoms with E-state index in [1.54, 1.807) is 0 Å². The van der Waals surface area contributed by atoms with Crippen LogP contribution >= 0.6 is 27.5 Å². The van der Waals surface area contributed by atoms with Crippen LogP contribution in [0.4, 0.5) is 5.82 Å². The molecule has 0 radical (unpaired) electrons. The molecule has 2 N–H and O–H groups in total. The van der Waals surface area contributed by atoms with Gasteiger partial charge in [-0.25, -0.2) is 4.98 Å². The van der Waals surface area contributed by atoms with Crippen molar-refractivity contribution in [3.8, 4) is 0 Å². The maximum absolute atomic E-state index is 6.01. The van der Waals surface area contributed by atoms with Gasteiger partial charge in [-0.2, -0.15) is 0 Å². The minimum atomic E-state index is 0.572. The van der Waals surface area contributed by atoms with Crippen LogP contribution < -0.4 is 5.73 Å². The third-order valence-electron chi connectivity index (χ3n) is 2.90. The summed E-state index contributed by atoms with van der Waals surface area (Å²) in [6, 6.07) is 1.91.